The first-order valence-corrected chi connectivity index (χ1v) is 5.76. The molecule has 0 spiro atoms. The summed E-state index contributed by atoms with van der Waals surface area (Å²) in [6, 6.07) is 9.69. The van der Waals surface area contributed by atoms with E-state index in [9.17, 15) is 4.79 Å². The summed E-state index contributed by atoms with van der Waals surface area (Å²) in [6.45, 7) is 1.37. The zero-order chi connectivity index (χ0) is 12.7. The number of likely N-dealkylation sites (N-methyl/N-ethyl adjacent to an activating group) is 2. The Bertz CT molecular complexity index is 341. The van der Waals surface area contributed by atoms with E-state index in [4.69, 9.17) is 5.11 Å². The lowest BCUT2D eigenvalue weighted by atomic mass is 10.1. The standard InChI is InChI=1S/C13H20N2O2/c1-14-12(13(16)17)10-15(2)9-8-11-6-4-3-5-7-11/h3-7,12,14H,8-10H2,1-2H3,(H,16,17). The summed E-state index contributed by atoms with van der Waals surface area (Å²) in [6.07, 6.45) is 0.938. The summed E-state index contributed by atoms with van der Waals surface area (Å²) in [5.41, 5.74) is 1.27. The third kappa shape index (κ3) is 4.97. The van der Waals surface area contributed by atoms with Crippen LogP contribution in [0.5, 0.6) is 0 Å². The van der Waals surface area contributed by atoms with Crippen molar-refractivity contribution in [3.05, 3.63) is 35.9 Å². The first-order chi connectivity index (χ1) is 8.13. The van der Waals surface area contributed by atoms with Crippen molar-refractivity contribution in [2.45, 2.75) is 12.5 Å². The molecule has 0 radical (unpaired) electrons. The molecule has 0 fully saturated rings. The van der Waals surface area contributed by atoms with Crippen LogP contribution in [0.25, 0.3) is 0 Å². The summed E-state index contributed by atoms with van der Waals surface area (Å²) in [7, 11) is 3.61. The van der Waals surface area contributed by atoms with Gasteiger partial charge in [-0.05, 0) is 26.1 Å². The van der Waals surface area contributed by atoms with E-state index in [1.807, 2.05) is 30.1 Å². The molecule has 4 heteroatoms. The van der Waals surface area contributed by atoms with Crippen molar-refractivity contribution in [3.8, 4) is 0 Å². The van der Waals surface area contributed by atoms with E-state index in [0.29, 0.717) is 6.54 Å². The molecule has 0 heterocycles. The van der Waals surface area contributed by atoms with Gasteiger partial charge in [-0.25, -0.2) is 0 Å². The molecule has 1 atom stereocenters. The van der Waals surface area contributed by atoms with Crippen LogP contribution in [-0.2, 0) is 11.2 Å². The van der Waals surface area contributed by atoms with Crippen molar-refractivity contribution in [2.75, 3.05) is 27.2 Å². The average Bonchev–Trinajstić information content (AvgIpc) is 2.34. The van der Waals surface area contributed by atoms with Crippen LogP contribution in [-0.4, -0.2) is 49.2 Å². The molecule has 17 heavy (non-hydrogen) atoms. The Morgan fingerprint density at radius 3 is 2.59 bits per heavy atom. The second-order valence-electron chi connectivity index (χ2n) is 4.18. The summed E-state index contributed by atoms with van der Waals surface area (Å²) in [5.74, 6) is -0.806. The lowest BCUT2D eigenvalue weighted by molar-refractivity contribution is -0.139. The lowest BCUT2D eigenvalue weighted by Gasteiger charge is -2.20. The largest absolute Gasteiger partial charge is 0.480 e. The van der Waals surface area contributed by atoms with Crippen LogP contribution in [0.15, 0.2) is 30.3 Å². The Morgan fingerprint density at radius 2 is 2.06 bits per heavy atom. The van der Waals surface area contributed by atoms with Crippen LogP contribution in [0, 0.1) is 0 Å². The number of nitrogens with one attached hydrogen (secondary N) is 1. The zero-order valence-corrected chi connectivity index (χ0v) is 10.4. The molecule has 0 aliphatic rings. The van der Waals surface area contributed by atoms with Gasteiger partial charge in [-0.15, -0.1) is 0 Å². The molecule has 4 nitrogen and oxygen atoms in total. The molecule has 1 aromatic carbocycles. The molecule has 0 saturated heterocycles. The summed E-state index contributed by atoms with van der Waals surface area (Å²) in [4.78, 5) is 12.9. The van der Waals surface area contributed by atoms with Gasteiger partial charge in [0.2, 0.25) is 0 Å². The Kier molecular flexibility index (Phi) is 5.66. The second kappa shape index (κ2) is 7.04. The van der Waals surface area contributed by atoms with Gasteiger partial charge < -0.3 is 15.3 Å². The molecule has 0 aromatic heterocycles. The van der Waals surface area contributed by atoms with Crippen LogP contribution in [0.4, 0.5) is 0 Å². The van der Waals surface area contributed by atoms with Gasteiger partial charge in [0.1, 0.15) is 6.04 Å². The third-order valence-electron chi connectivity index (χ3n) is 2.77. The Hall–Kier alpha value is -1.39. The van der Waals surface area contributed by atoms with Gasteiger partial charge in [0.25, 0.3) is 0 Å². The van der Waals surface area contributed by atoms with Gasteiger partial charge in [-0.3, -0.25) is 4.79 Å². The van der Waals surface area contributed by atoms with Crippen molar-refractivity contribution in [2.24, 2.45) is 0 Å². The van der Waals surface area contributed by atoms with E-state index in [1.54, 1.807) is 7.05 Å². The van der Waals surface area contributed by atoms with Crippen LogP contribution >= 0.6 is 0 Å². The van der Waals surface area contributed by atoms with Gasteiger partial charge in [-0.2, -0.15) is 0 Å². The van der Waals surface area contributed by atoms with E-state index in [2.05, 4.69) is 17.4 Å². The smallest absolute Gasteiger partial charge is 0.322 e. The Balaban J connectivity index is 2.34. The van der Waals surface area contributed by atoms with Crippen molar-refractivity contribution >= 4 is 5.97 Å². The Labute approximate surface area is 102 Å². The number of hydrogen-bond acceptors (Lipinski definition) is 3. The highest BCUT2D eigenvalue weighted by Crippen LogP contribution is 2.01. The minimum absolute atomic E-state index is 0.504. The minimum atomic E-state index is -0.806. The average molecular weight is 236 g/mol. The number of rotatable bonds is 7. The van der Waals surface area contributed by atoms with Crippen LogP contribution in [0.3, 0.4) is 0 Å². The molecular formula is C13H20N2O2. The van der Waals surface area contributed by atoms with Gasteiger partial charge in [-0.1, -0.05) is 30.3 Å². The minimum Gasteiger partial charge on any atom is -0.480 e. The van der Waals surface area contributed by atoms with E-state index >= 15 is 0 Å². The van der Waals surface area contributed by atoms with Gasteiger partial charge in [0, 0.05) is 13.1 Å². The lowest BCUT2D eigenvalue weighted by Crippen LogP contribution is -2.43. The van der Waals surface area contributed by atoms with E-state index in [0.717, 1.165) is 13.0 Å². The monoisotopic (exact) mass is 236 g/mol. The Morgan fingerprint density at radius 1 is 1.41 bits per heavy atom. The number of nitrogens with zero attached hydrogens (tertiary/aromatic N) is 1. The molecule has 2 N–H and O–H groups in total. The molecule has 94 valence electrons. The normalized spacial score (nSPS) is 12.6. The number of carbonyl (C=O) groups is 1. The van der Waals surface area contributed by atoms with Gasteiger partial charge in [0.05, 0.1) is 0 Å². The summed E-state index contributed by atoms with van der Waals surface area (Å²) < 4.78 is 0. The second-order valence-corrected chi connectivity index (χ2v) is 4.18. The predicted octanol–water partition coefficient (Wildman–Crippen LogP) is 0.833. The molecule has 1 aromatic rings. The number of aliphatic carboxylic acids is 1. The van der Waals surface area contributed by atoms with Crippen LogP contribution < -0.4 is 5.32 Å². The van der Waals surface area contributed by atoms with Crippen LogP contribution in [0.2, 0.25) is 0 Å². The molecule has 0 aliphatic heterocycles. The third-order valence-corrected chi connectivity index (χ3v) is 2.77. The zero-order valence-electron chi connectivity index (χ0n) is 10.4. The van der Waals surface area contributed by atoms with E-state index in [1.165, 1.54) is 5.56 Å². The summed E-state index contributed by atoms with van der Waals surface area (Å²) in [5, 5.41) is 11.7. The SMILES string of the molecule is CNC(CN(C)CCc1ccccc1)C(=O)O. The van der Waals surface area contributed by atoms with Gasteiger partial charge in [0.15, 0.2) is 0 Å². The topological polar surface area (TPSA) is 52.6 Å². The van der Waals surface area contributed by atoms with Crippen molar-refractivity contribution in [3.63, 3.8) is 0 Å². The summed E-state index contributed by atoms with van der Waals surface area (Å²) >= 11 is 0. The van der Waals surface area contributed by atoms with E-state index in [-0.39, 0.29) is 0 Å². The van der Waals surface area contributed by atoms with Gasteiger partial charge >= 0.3 is 5.97 Å². The first kappa shape index (κ1) is 13.7. The van der Waals surface area contributed by atoms with Crippen molar-refractivity contribution in [1.82, 2.24) is 10.2 Å². The number of benzene rings is 1. The molecule has 1 unspecified atom stereocenters. The predicted molar refractivity (Wildman–Crippen MR) is 68.1 cm³/mol. The molecule has 0 amide bonds. The number of hydrogen-bond donors (Lipinski definition) is 2. The fourth-order valence-electron chi connectivity index (χ4n) is 1.66. The quantitative estimate of drug-likeness (QED) is 0.736. The fraction of sp³-hybridized carbons (Fsp3) is 0.462. The van der Waals surface area contributed by atoms with E-state index < -0.39 is 12.0 Å². The maximum Gasteiger partial charge on any atom is 0.322 e. The molecule has 0 aliphatic carbocycles. The molecule has 0 bridgehead atoms. The van der Waals surface area contributed by atoms with Crippen LogP contribution in [0.1, 0.15) is 5.56 Å². The molecule has 0 saturated carbocycles. The number of carboxylic acids is 1. The number of carboxylic acid groups (broad SMARTS) is 1. The highest BCUT2D eigenvalue weighted by molar-refractivity contribution is 5.73. The maximum atomic E-state index is 10.9. The van der Waals surface area contributed by atoms with Crippen molar-refractivity contribution in [1.29, 1.82) is 0 Å². The highest BCUT2D eigenvalue weighted by atomic mass is 16.4. The fourth-order valence-corrected chi connectivity index (χ4v) is 1.66. The van der Waals surface area contributed by atoms with Crippen molar-refractivity contribution < 1.29 is 9.90 Å². The molecular weight excluding hydrogens is 216 g/mol. The molecule has 1 rings (SSSR count). The first-order valence-electron chi connectivity index (χ1n) is 5.76. The highest BCUT2D eigenvalue weighted by Gasteiger charge is 2.16. The maximum absolute atomic E-state index is 10.9.